The van der Waals surface area contributed by atoms with Gasteiger partial charge in [-0.1, -0.05) is 0 Å². The van der Waals surface area contributed by atoms with Crippen molar-refractivity contribution in [2.75, 3.05) is 20.1 Å². The van der Waals surface area contributed by atoms with E-state index < -0.39 is 0 Å². The molecule has 0 saturated heterocycles. The molecule has 0 atom stereocenters. The van der Waals surface area contributed by atoms with Crippen LogP contribution in [0.3, 0.4) is 0 Å². The quantitative estimate of drug-likeness (QED) is 0.782. The molecule has 0 bridgehead atoms. The average molecular weight is 224 g/mol. The molecule has 1 aromatic rings. The van der Waals surface area contributed by atoms with E-state index in [1.54, 1.807) is 16.6 Å². The molecule has 16 heavy (non-hydrogen) atoms. The molecule has 1 rings (SSSR count). The Bertz CT molecular complexity index is 359. The van der Waals surface area contributed by atoms with Crippen molar-refractivity contribution in [1.82, 2.24) is 14.7 Å². The van der Waals surface area contributed by atoms with E-state index in [0.29, 0.717) is 19.6 Å². The molecule has 0 spiro atoms. The van der Waals surface area contributed by atoms with E-state index in [9.17, 15) is 4.79 Å². The summed E-state index contributed by atoms with van der Waals surface area (Å²) in [4.78, 5) is 13.5. The zero-order valence-corrected chi connectivity index (χ0v) is 10.2. The minimum atomic E-state index is 0.0691. The average Bonchev–Trinajstić information content (AvgIpc) is 2.53. The number of hydrogen-bond acceptors (Lipinski definition) is 3. The SMILES string of the molecule is Cc1cc(C)n(CC(=O)N(C)CCCN)n1. The molecule has 0 saturated carbocycles. The molecule has 5 heteroatoms. The molecule has 0 aromatic carbocycles. The number of aryl methyl sites for hydroxylation is 2. The highest BCUT2D eigenvalue weighted by Gasteiger charge is 2.11. The van der Waals surface area contributed by atoms with E-state index in [2.05, 4.69) is 5.10 Å². The number of nitrogens with two attached hydrogens (primary N) is 1. The maximum absolute atomic E-state index is 11.8. The van der Waals surface area contributed by atoms with Crippen LogP contribution >= 0.6 is 0 Å². The number of rotatable bonds is 5. The maximum atomic E-state index is 11.8. The van der Waals surface area contributed by atoms with Crippen molar-refractivity contribution in [3.63, 3.8) is 0 Å². The molecule has 5 nitrogen and oxygen atoms in total. The van der Waals surface area contributed by atoms with Crippen LogP contribution < -0.4 is 5.73 Å². The smallest absolute Gasteiger partial charge is 0.244 e. The second kappa shape index (κ2) is 5.65. The Kier molecular flexibility index (Phi) is 4.49. The van der Waals surface area contributed by atoms with Gasteiger partial charge in [-0.3, -0.25) is 9.48 Å². The predicted octanol–water partition coefficient (Wildman–Crippen LogP) is 0.307. The van der Waals surface area contributed by atoms with Crippen LogP contribution in [-0.4, -0.2) is 40.7 Å². The van der Waals surface area contributed by atoms with Crippen LogP contribution in [0, 0.1) is 13.8 Å². The fraction of sp³-hybridized carbons (Fsp3) is 0.636. The molecule has 0 unspecified atom stereocenters. The minimum Gasteiger partial charge on any atom is -0.344 e. The Morgan fingerprint density at radius 1 is 1.56 bits per heavy atom. The number of carbonyl (C=O) groups excluding carboxylic acids is 1. The largest absolute Gasteiger partial charge is 0.344 e. The van der Waals surface area contributed by atoms with E-state index in [1.807, 2.05) is 19.9 Å². The molecule has 2 N–H and O–H groups in total. The van der Waals surface area contributed by atoms with Gasteiger partial charge in [-0.15, -0.1) is 0 Å². The summed E-state index contributed by atoms with van der Waals surface area (Å²) in [5.41, 5.74) is 7.35. The zero-order chi connectivity index (χ0) is 12.1. The highest BCUT2D eigenvalue weighted by atomic mass is 16.2. The molecule has 0 aliphatic heterocycles. The molecule has 90 valence electrons. The standard InChI is InChI=1S/C11H20N4O/c1-9-7-10(2)15(13-9)8-11(16)14(3)6-4-5-12/h7H,4-6,8,12H2,1-3H3. The first kappa shape index (κ1) is 12.7. The van der Waals surface area contributed by atoms with Crippen molar-refractivity contribution in [3.05, 3.63) is 17.5 Å². The van der Waals surface area contributed by atoms with Gasteiger partial charge >= 0.3 is 0 Å². The van der Waals surface area contributed by atoms with Gasteiger partial charge in [0.15, 0.2) is 0 Å². The van der Waals surface area contributed by atoms with E-state index in [1.165, 1.54) is 0 Å². The lowest BCUT2D eigenvalue weighted by atomic mass is 10.4. The molecule has 1 aromatic heterocycles. The first-order valence-electron chi connectivity index (χ1n) is 5.49. The van der Waals surface area contributed by atoms with E-state index in [4.69, 9.17) is 5.73 Å². The summed E-state index contributed by atoms with van der Waals surface area (Å²) >= 11 is 0. The molecular formula is C11H20N4O. The summed E-state index contributed by atoms with van der Waals surface area (Å²) in [6.45, 7) is 5.49. The second-order valence-electron chi connectivity index (χ2n) is 4.04. The van der Waals surface area contributed by atoms with Crippen LogP contribution in [0.2, 0.25) is 0 Å². The molecule has 0 fully saturated rings. The Balaban J connectivity index is 2.53. The van der Waals surface area contributed by atoms with Gasteiger partial charge in [0, 0.05) is 19.3 Å². The number of amides is 1. The van der Waals surface area contributed by atoms with E-state index in [-0.39, 0.29) is 5.91 Å². The van der Waals surface area contributed by atoms with Crippen molar-refractivity contribution in [1.29, 1.82) is 0 Å². The first-order chi connectivity index (χ1) is 7.54. The summed E-state index contributed by atoms with van der Waals surface area (Å²) in [5.74, 6) is 0.0691. The van der Waals surface area contributed by atoms with Gasteiger partial charge in [-0.25, -0.2) is 0 Å². The molecule has 0 radical (unpaired) electrons. The Hall–Kier alpha value is -1.36. The lowest BCUT2D eigenvalue weighted by Crippen LogP contribution is -2.32. The maximum Gasteiger partial charge on any atom is 0.244 e. The van der Waals surface area contributed by atoms with Gasteiger partial charge in [0.2, 0.25) is 5.91 Å². The summed E-state index contributed by atoms with van der Waals surface area (Å²) in [6, 6.07) is 1.97. The molecular weight excluding hydrogens is 204 g/mol. The molecule has 0 aliphatic rings. The summed E-state index contributed by atoms with van der Waals surface area (Å²) in [6.07, 6.45) is 0.833. The third-order valence-corrected chi connectivity index (χ3v) is 2.51. The van der Waals surface area contributed by atoms with Crippen LogP contribution in [0.1, 0.15) is 17.8 Å². The van der Waals surface area contributed by atoms with Crippen molar-refractivity contribution < 1.29 is 4.79 Å². The van der Waals surface area contributed by atoms with Crippen LogP contribution in [0.25, 0.3) is 0 Å². The first-order valence-corrected chi connectivity index (χ1v) is 5.49. The van der Waals surface area contributed by atoms with Gasteiger partial charge in [0.05, 0.1) is 5.69 Å². The number of hydrogen-bond donors (Lipinski definition) is 1. The van der Waals surface area contributed by atoms with Crippen LogP contribution in [0.5, 0.6) is 0 Å². The number of nitrogens with zero attached hydrogens (tertiary/aromatic N) is 3. The normalized spacial score (nSPS) is 10.5. The monoisotopic (exact) mass is 224 g/mol. The number of carbonyl (C=O) groups is 1. The highest BCUT2D eigenvalue weighted by Crippen LogP contribution is 2.02. The second-order valence-corrected chi connectivity index (χ2v) is 4.04. The topological polar surface area (TPSA) is 64.2 Å². The van der Waals surface area contributed by atoms with Gasteiger partial charge in [-0.05, 0) is 32.9 Å². The summed E-state index contributed by atoms with van der Waals surface area (Å²) in [7, 11) is 1.80. The molecule has 1 amide bonds. The number of aromatic nitrogens is 2. The molecule has 1 heterocycles. The third-order valence-electron chi connectivity index (χ3n) is 2.51. The fourth-order valence-corrected chi connectivity index (χ4v) is 1.54. The zero-order valence-electron chi connectivity index (χ0n) is 10.2. The van der Waals surface area contributed by atoms with Crippen molar-refractivity contribution in [2.45, 2.75) is 26.8 Å². The summed E-state index contributed by atoms with van der Waals surface area (Å²) in [5, 5.41) is 4.26. The van der Waals surface area contributed by atoms with Gasteiger partial charge < -0.3 is 10.6 Å². The minimum absolute atomic E-state index is 0.0691. The van der Waals surface area contributed by atoms with Crippen LogP contribution in [0.15, 0.2) is 6.07 Å². The Morgan fingerprint density at radius 2 is 2.25 bits per heavy atom. The Labute approximate surface area is 96.2 Å². The predicted molar refractivity (Wildman–Crippen MR) is 63.0 cm³/mol. The van der Waals surface area contributed by atoms with Crippen LogP contribution in [0.4, 0.5) is 0 Å². The van der Waals surface area contributed by atoms with Crippen molar-refractivity contribution >= 4 is 5.91 Å². The fourth-order valence-electron chi connectivity index (χ4n) is 1.54. The van der Waals surface area contributed by atoms with E-state index in [0.717, 1.165) is 17.8 Å². The highest BCUT2D eigenvalue weighted by molar-refractivity contribution is 5.75. The van der Waals surface area contributed by atoms with Gasteiger partial charge in [-0.2, -0.15) is 5.10 Å². The lowest BCUT2D eigenvalue weighted by Gasteiger charge is -2.16. The Morgan fingerprint density at radius 3 is 2.75 bits per heavy atom. The van der Waals surface area contributed by atoms with E-state index >= 15 is 0 Å². The van der Waals surface area contributed by atoms with Gasteiger partial charge in [0.25, 0.3) is 0 Å². The lowest BCUT2D eigenvalue weighted by molar-refractivity contribution is -0.130. The summed E-state index contributed by atoms with van der Waals surface area (Å²) < 4.78 is 1.73. The van der Waals surface area contributed by atoms with Crippen LogP contribution in [-0.2, 0) is 11.3 Å². The third kappa shape index (κ3) is 3.34. The van der Waals surface area contributed by atoms with Crippen molar-refractivity contribution in [2.24, 2.45) is 5.73 Å². The van der Waals surface area contributed by atoms with Gasteiger partial charge in [0.1, 0.15) is 6.54 Å². The van der Waals surface area contributed by atoms with Crippen molar-refractivity contribution in [3.8, 4) is 0 Å². The number of likely N-dealkylation sites (N-methyl/N-ethyl adjacent to an activating group) is 1. The molecule has 0 aliphatic carbocycles.